The number of aromatic nitrogens is 1. The van der Waals surface area contributed by atoms with E-state index in [1.54, 1.807) is 12.1 Å². The first kappa shape index (κ1) is 10.9. The van der Waals surface area contributed by atoms with Crippen molar-refractivity contribution in [2.45, 2.75) is 6.54 Å². The van der Waals surface area contributed by atoms with Crippen LogP contribution in [0.2, 0.25) is 0 Å². The number of hydrogen-bond acceptors (Lipinski definition) is 4. The Morgan fingerprint density at radius 1 is 1.44 bits per heavy atom. The van der Waals surface area contributed by atoms with Gasteiger partial charge in [0.2, 0.25) is 0 Å². The molecule has 0 atom stereocenters. The lowest BCUT2D eigenvalue weighted by Crippen LogP contribution is -2.17. The number of anilines is 2. The Balaban J connectivity index is 2.14. The van der Waals surface area contributed by atoms with Crippen LogP contribution >= 0.6 is 11.3 Å². The van der Waals surface area contributed by atoms with Crippen LogP contribution in [0.1, 0.15) is 5.69 Å². The highest BCUT2D eigenvalue weighted by molar-refractivity contribution is 7.13. The third-order valence-corrected chi connectivity index (χ3v) is 2.96. The summed E-state index contributed by atoms with van der Waals surface area (Å²) in [7, 11) is 1.83. The van der Waals surface area contributed by atoms with Crippen molar-refractivity contribution in [3.05, 3.63) is 41.2 Å². The number of thiazole rings is 1. The van der Waals surface area contributed by atoms with Crippen LogP contribution in [0.3, 0.4) is 0 Å². The zero-order chi connectivity index (χ0) is 11.5. The third kappa shape index (κ3) is 2.30. The molecule has 3 nitrogen and oxygen atoms in total. The third-order valence-electron chi connectivity index (χ3n) is 2.23. The molecule has 16 heavy (non-hydrogen) atoms. The van der Waals surface area contributed by atoms with Crippen molar-refractivity contribution in [1.82, 2.24) is 4.98 Å². The predicted octanol–water partition coefficient (Wildman–Crippen LogP) is 2.50. The summed E-state index contributed by atoms with van der Waals surface area (Å²) in [4.78, 5) is 5.95. The lowest BCUT2D eigenvalue weighted by atomic mass is 10.3. The molecule has 2 aromatic rings. The Hall–Kier alpha value is -1.62. The fraction of sp³-hybridized carbons (Fsp3) is 0.182. The predicted molar refractivity (Wildman–Crippen MR) is 65.0 cm³/mol. The van der Waals surface area contributed by atoms with Crippen LogP contribution in [0.15, 0.2) is 29.6 Å². The van der Waals surface area contributed by atoms with E-state index in [0.29, 0.717) is 17.4 Å². The molecule has 0 saturated heterocycles. The Morgan fingerprint density at radius 3 is 2.81 bits per heavy atom. The van der Waals surface area contributed by atoms with Crippen LogP contribution in [0.25, 0.3) is 0 Å². The second-order valence-electron chi connectivity index (χ2n) is 3.48. The lowest BCUT2D eigenvalue weighted by Gasteiger charge is -2.18. The number of hydrogen-bond donors (Lipinski definition) is 1. The van der Waals surface area contributed by atoms with Gasteiger partial charge in [0.15, 0.2) is 5.13 Å². The van der Waals surface area contributed by atoms with E-state index in [1.807, 2.05) is 23.4 Å². The quantitative estimate of drug-likeness (QED) is 0.891. The van der Waals surface area contributed by atoms with Gasteiger partial charge in [-0.15, -0.1) is 11.3 Å². The van der Waals surface area contributed by atoms with Gasteiger partial charge < -0.3 is 10.6 Å². The first-order valence-corrected chi connectivity index (χ1v) is 5.70. The SMILES string of the molecule is CN(Cc1csc(N)n1)c1ccccc1F. The van der Waals surface area contributed by atoms with Crippen LogP contribution in [-0.2, 0) is 6.54 Å². The van der Waals surface area contributed by atoms with E-state index in [4.69, 9.17) is 5.73 Å². The van der Waals surface area contributed by atoms with Gasteiger partial charge in [0.05, 0.1) is 17.9 Å². The van der Waals surface area contributed by atoms with Gasteiger partial charge in [-0.25, -0.2) is 9.37 Å². The number of benzene rings is 1. The topological polar surface area (TPSA) is 42.1 Å². The zero-order valence-electron chi connectivity index (χ0n) is 8.85. The monoisotopic (exact) mass is 237 g/mol. The molecule has 0 saturated carbocycles. The Morgan fingerprint density at radius 2 is 2.19 bits per heavy atom. The summed E-state index contributed by atoms with van der Waals surface area (Å²) in [5, 5.41) is 2.42. The second-order valence-corrected chi connectivity index (χ2v) is 4.37. The number of para-hydroxylation sites is 1. The zero-order valence-corrected chi connectivity index (χ0v) is 9.67. The van der Waals surface area contributed by atoms with Crippen molar-refractivity contribution < 1.29 is 4.39 Å². The Kier molecular flexibility index (Phi) is 3.05. The van der Waals surface area contributed by atoms with Crippen molar-refractivity contribution >= 4 is 22.2 Å². The molecule has 0 bridgehead atoms. The first-order chi connectivity index (χ1) is 7.66. The van der Waals surface area contributed by atoms with Crippen LogP contribution < -0.4 is 10.6 Å². The molecule has 0 fully saturated rings. The number of nitrogens with two attached hydrogens (primary N) is 1. The van der Waals surface area contributed by atoms with E-state index in [0.717, 1.165) is 5.69 Å². The number of rotatable bonds is 3. The largest absolute Gasteiger partial charge is 0.375 e. The molecule has 0 radical (unpaired) electrons. The summed E-state index contributed by atoms with van der Waals surface area (Å²) in [5.41, 5.74) is 6.96. The summed E-state index contributed by atoms with van der Waals surface area (Å²) in [5.74, 6) is -0.229. The summed E-state index contributed by atoms with van der Waals surface area (Å²) in [6, 6.07) is 6.67. The average molecular weight is 237 g/mol. The van der Waals surface area contributed by atoms with Crippen LogP contribution in [0, 0.1) is 5.82 Å². The van der Waals surface area contributed by atoms with Gasteiger partial charge in [0.1, 0.15) is 5.82 Å². The van der Waals surface area contributed by atoms with E-state index in [9.17, 15) is 4.39 Å². The minimum absolute atomic E-state index is 0.229. The number of halogens is 1. The van der Waals surface area contributed by atoms with Crippen LogP contribution in [0.5, 0.6) is 0 Å². The standard InChI is InChI=1S/C11H12FN3S/c1-15(6-8-7-16-11(13)14-8)10-5-3-2-4-9(10)12/h2-5,7H,6H2,1H3,(H2,13,14). The molecule has 84 valence electrons. The molecule has 1 heterocycles. The Bertz CT molecular complexity index is 484. The molecule has 2 rings (SSSR count). The van der Waals surface area contributed by atoms with Gasteiger partial charge in [0, 0.05) is 12.4 Å². The molecule has 0 spiro atoms. The maximum absolute atomic E-state index is 13.5. The summed E-state index contributed by atoms with van der Waals surface area (Å²) < 4.78 is 13.5. The summed E-state index contributed by atoms with van der Waals surface area (Å²) in [6.45, 7) is 0.550. The molecule has 0 aliphatic carbocycles. The molecular formula is C11H12FN3S. The highest BCUT2D eigenvalue weighted by Gasteiger charge is 2.08. The van der Waals surface area contributed by atoms with Crippen molar-refractivity contribution in [3.8, 4) is 0 Å². The highest BCUT2D eigenvalue weighted by Crippen LogP contribution is 2.20. The number of nitrogens with zero attached hydrogens (tertiary/aromatic N) is 2. The van der Waals surface area contributed by atoms with Gasteiger partial charge >= 0.3 is 0 Å². The molecule has 5 heteroatoms. The fourth-order valence-corrected chi connectivity index (χ4v) is 2.04. The lowest BCUT2D eigenvalue weighted by molar-refractivity contribution is 0.622. The minimum atomic E-state index is -0.229. The Labute approximate surface area is 97.3 Å². The normalized spacial score (nSPS) is 10.4. The van der Waals surface area contributed by atoms with E-state index >= 15 is 0 Å². The van der Waals surface area contributed by atoms with E-state index in [-0.39, 0.29) is 5.82 Å². The molecule has 1 aromatic heterocycles. The van der Waals surface area contributed by atoms with Gasteiger partial charge in [-0.3, -0.25) is 0 Å². The molecule has 0 aliphatic rings. The minimum Gasteiger partial charge on any atom is -0.375 e. The fourth-order valence-electron chi connectivity index (χ4n) is 1.48. The van der Waals surface area contributed by atoms with E-state index < -0.39 is 0 Å². The van der Waals surface area contributed by atoms with Crippen molar-refractivity contribution in [3.63, 3.8) is 0 Å². The maximum atomic E-state index is 13.5. The molecule has 2 N–H and O–H groups in total. The van der Waals surface area contributed by atoms with Gasteiger partial charge in [-0.05, 0) is 12.1 Å². The molecule has 0 aliphatic heterocycles. The smallest absolute Gasteiger partial charge is 0.180 e. The van der Waals surface area contributed by atoms with E-state index in [2.05, 4.69) is 4.98 Å². The second kappa shape index (κ2) is 4.49. The summed E-state index contributed by atoms with van der Waals surface area (Å²) in [6.07, 6.45) is 0. The van der Waals surface area contributed by atoms with Crippen molar-refractivity contribution in [1.29, 1.82) is 0 Å². The molecule has 1 aromatic carbocycles. The maximum Gasteiger partial charge on any atom is 0.180 e. The van der Waals surface area contributed by atoms with Crippen LogP contribution in [-0.4, -0.2) is 12.0 Å². The van der Waals surface area contributed by atoms with Gasteiger partial charge in [0.25, 0.3) is 0 Å². The van der Waals surface area contributed by atoms with Crippen molar-refractivity contribution in [2.24, 2.45) is 0 Å². The van der Waals surface area contributed by atoms with Gasteiger partial charge in [-0.1, -0.05) is 12.1 Å². The van der Waals surface area contributed by atoms with Gasteiger partial charge in [-0.2, -0.15) is 0 Å². The highest BCUT2D eigenvalue weighted by atomic mass is 32.1. The molecule has 0 amide bonds. The van der Waals surface area contributed by atoms with Crippen molar-refractivity contribution in [2.75, 3.05) is 17.7 Å². The molecular weight excluding hydrogens is 225 g/mol. The summed E-state index contributed by atoms with van der Waals surface area (Å²) >= 11 is 1.39. The molecule has 0 unspecified atom stereocenters. The van der Waals surface area contributed by atoms with E-state index in [1.165, 1.54) is 17.4 Å². The van der Waals surface area contributed by atoms with Crippen LogP contribution in [0.4, 0.5) is 15.2 Å². The number of nitrogen functional groups attached to an aromatic ring is 1. The average Bonchev–Trinajstić information content (AvgIpc) is 2.64. The first-order valence-electron chi connectivity index (χ1n) is 4.82.